The Morgan fingerprint density at radius 2 is 1.81 bits per heavy atom. The number of rotatable bonds is 4. The lowest BCUT2D eigenvalue weighted by Crippen LogP contribution is -2.19. The van der Waals surface area contributed by atoms with Gasteiger partial charge in [0.25, 0.3) is 5.56 Å². The van der Waals surface area contributed by atoms with E-state index < -0.39 is 0 Å². The standard InChI is InChI=1S/C29H24N4O2S/c1-18-8-7-15-33-25(18)32-26(35-21-13-11-20(12-14-21)29(2,3)4)22(28(33)34)16-19(17-30)27-31-23-9-5-6-10-24(23)36-27/h5-16H,1-4H3/b19-16+. The minimum Gasteiger partial charge on any atom is -0.438 e. The summed E-state index contributed by atoms with van der Waals surface area (Å²) in [5.41, 5.74) is 3.45. The predicted octanol–water partition coefficient (Wildman–Crippen LogP) is 6.77. The molecule has 36 heavy (non-hydrogen) atoms. The summed E-state index contributed by atoms with van der Waals surface area (Å²) < 4.78 is 8.61. The molecule has 7 heteroatoms. The highest BCUT2D eigenvalue weighted by molar-refractivity contribution is 7.19. The van der Waals surface area contributed by atoms with E-state index in [1.165, 1.54) is 27.4 Å². The van der Waals surface area contributed by atoms with E-state index in [1.54, 1.807) is 12.3 Å². The van der Waals surface area contributed by atoms with Gasteiger partial charge in [0, 0.05) is 6.20 Å². The Bertz CT molecular complexity index is 1700. The highest BCUT2D eigenvalue weighted by Gasteiger charge is 2.18. The molecule has 0 aliphatic heterocycles. The van der Waals surface area contributed by atoms with E-state index in [-0.39, 0.29) is 28.0 Å². The third-order valence-corrected chi connectivity index (χ3v) is 6.99. The Balaban J connectivity index is 1.67. The number of ether oxygens (including phenoxy) is 1. The Kier molecular flexibility index (Phi) is 5.91. The molecule has 0 amide bonds. The van der Waals surface area contributed by atoms with Gasteiger partial charge in [-0.3, -0.25) is 9.20 Å². The van der Waals surface area contributed by atoms with Crippen LogP contribution in [0.4, 0.5) is 0 Å². The van der Waals surface area contributed by atoms with Crippen molar-refractivity contribution < 1.29 is 4.74 Å². The number of benzene rings is 2. The monoisotopic (exact) mass is 492 g/mol. The first kappa shape index (κ1) is 23.5. The largest absolute Gasteiger partial charge is 0.438 e. The van der Waals surface area contributed by atoms with E-state index in [2.05, 4.69) is 31.8 Å². The summed E-state index contributed by atoms with van der Waals surface area (Å²) in [5.74, 6) is 0.702. The molecule has 0 saturated carbocycles. The number of hydrogen-bond acceptors (Lipinski definition) is 6. The van der Waals surface area contributed by atoms with Gasteiger partial charge >= 0.3 is 0 Å². The van der Waals surface area contributed by atoms with Gasteiger partial charge in [-0.25, -0.2) is 4.98 Å². The normalized spacial score (nSPS) is 12.1. The third-order valence-electron chi connectivity index (χ3n) is 5.92. The molecule has 5 rings (SSSR count). The minimum absolute atomic E-state index is 0.00249. The molecule has 5 aromatic rings. The lowest BCUT2D eigenvalue weighted by Gasteiger charge is -2.19. The van der Waals surface area contributed by atoms with E-state index in [9.17, 15) is 10.1 Å². The van der Waals surface area contributed by atoms with Crippen LogP contribution in [-0.4, -0.2) is 14.4 Å². The number of allylic oxidation sites excluding steroid dienone is 1. The van der Waals surface area contributed by atoms with Crippen LogP contribution < -0.4 is 10.3 Å². The molecule has 2 aromatic carbocycles. The number of thiazole rings is 1. The van der Waals surface area contributed by atoms with Crippen molar-refractivity contribution in [3.63, 3.8) is 0 Å². The number of nitrogens with zero attached hydrogens (tertiary/aromatic N) is 4. The second-order valence-electron chi connectivity index (χ2n) is 9.55. The van der Waals surface area contributed by atoms with Crippen molar-refractivity contribution in [1.29, 1.82) is 5.26 Å². The maximum Gasteiger partial charge on any atom is 0.269 e. The minimum atomic E-state index is -0.320. The maximum absolute atomic E-state index is 13.6. The van der Waals surface area contributed by atoms with Gasteiger partial charge in [0.2, 0.25) is 5.88 Å². The fraction of sp³-hybridized carbons (Fsp3) is 0.172. The van der Waals surface area contributed by atoms with Gasteiger partial charge in [0.1, 0.15) is 28.0 Å². The van der Waals surface area contributed by atoms with E-state index in [0.29, 0.717) is 16.4 Å². The van der Waals surface area contributed by atoms with Crippen LogP contribution >= 0.6 is 11.3 Å². The summed E-state index contributed by atoms with van der Waals surface area (Å²) in [5, 5.41) is 10.5. The maximum atomic E-state index is 13.6. The van der Waals surface area contributed by atoms with Crippen LogP contribution in [0.25, 0.3) is 27.5 Å². The van der Waals surface area contributed by atoms with Crippen molar-refractivity contribution in [2.45, 2.75) is 33.1 Å². The predicted molar refractivity (Wildman–Crippen MR) is 145 cm³/mol. The van der Waals surface area contributed by atoms with E-state index in [0.717, 1.165) is 15.8 Å². The molecule has 3 aromatic heterocycles. The molecule has 178 valence electrons. The highest BCUT2D eigenvalue weighted by Crippen LogP contribution is 2.31. The molecule has 0 fully saturated rings. The number of pyridine rings is 1. The number of fused-ring (bicyclic) bond motifs is 2. The molecule has 0 bridgehead atoms. The Hall–Kier alpha value is -4.28. The van der Waals surface area contributed by atoms with E-state index in [4.69, 9.17) is 9.72 Å². The zero-order valence-corrected chi connectivity index (χ0v) is 21.3. The van der Waals surface area contributed by atoms with Gasteiger partial charge in [-0.1, -0.05) is 51.1 Å². The average Bonchev–Trinajstić information content (AvgIpc) is 3.28. The average molecular weight is 493 g/mol. The van der Waals surface area contributed by atoms with Crippen molar-refractivity contribution in [3.05, 3.63) is 98.9 Å². The lowest BCUT2D eigenvalue weighted by atomic mass is 9.87. The number of aryl methyl sites for hydroxylation is 1. The van der Waals surface area contributed by atoms with Gasteiger partial charge in [0.15, 0.2) is 0 Å². The zero-order chi connectivity index (χ0) is 25.4. The van der Waals surface area contributed by atoms with Crippen molar-refractivity contribution in [2.75, 3.05) is 0 Å². The van der Waals surface area contributed by atoms with Crippen molar-refractivity contribution in [3.8, 4) is 17.7 Å². The molecule has 3 heterocycles. The highest BCUT2D eigenvalue weighted by atomic mass is 32.1. The molecule has 6 nitrogen and oxygen atoms in total. The van der Waals surface area contributed by atoms with E-state index >= 15 is 0 Å². The van der Waals surface area contributed by atoms with Crippen LogP contribution in [0.3, 0.4) is 0 Å². The van der Waals surface area contributed by atoms with Crippen LogP contribution in [0.2, 0.25) is 0 Å². The SMILES string of the molecule is Cc1cccn2c(=O)c(/C=C(\C#N)c3nc4ccccc4s3)c(Oc3ccc(C(C)(C)C)cc3)nc12. The first-order valence-corrected chi connectivity index (χ1v) is 12.3. The fourth-order valence-electron chi connectivity index (χ4n) is 3.90. The molecular weight excluding hydrogens is 468 g/mol. The van der Waals surface area contributed by atoms with Gasteiger partial charge in [-0.05, 0) is 59.9 Å². The molecule has 0 radical (unpaired) electrons. The Labute approximate surface area is 212 Å². The summed E-state index contributed by atoms with van der Waals surface area (Å²) in [6.45, 7) is 8.32. The van der Waals surface area contributed by atoms with Crippen LogP contribution in [0.5, 0.6) is 11.6 Å². The van der Waals surface area contributed by atoms with Crippen LogP contribution in [0, 0.1) is 18.3 Å². The topological polar surface area (TPSA) is 80.3 Å². The smallest absolute Gasteiger partial charge is 0.269 e. The van der Waals surface area contributed by atoms with E-state index in [1.807, 2.05) is 61.5 Å². The first-order chi connectivity index (χ1) is 17.2. The second kappa shape index (κ2) is 9.06. The number of aromatic nitrogens is 3. The Morgan fingerprint density at radius 1 is 1.06 bits per heavy atom. The quantitative estimate of drug-likeness (QED) is 0.259. The van der Waals surface area contributed by atoms with Gasteiger partial charge < -0.3 is 4.74 Å². The van der Waals surface area contributed by atoms with Crippen molar-refractivity contribution in [1.82, 2.24) is 14.4 Å². The number of nitriles is 1. The molecule has 0 aliphatic rings. The summed E-state index contributed by atoms with van der Waals surface area (Å²) in [7, 11) is 0. The van der Waals surface area contributed by atoms with Crippen LogP contribution in [0.1, 0.15) is 42.5 Å². The number of para-hydroxylation sites is 1. The molecule has 0 atom stereocenters. The van der Waals surface area contributed by atoms with Gasteiger partial charge in [-0.2, -0.15) is 10.2 Å². The van der Waals surface area contributed by atoms with Crippen LogP contribution in [0.15, 0.2) is 71.7 Å². The zero-order valence-electron chi connectivity index (χ0n) is 20.4. The third kappa shape index (κ3) is 4.39. The molecular formula is C29H24N4O2S. The number of hydrogen-bond donors (Lipinski definition) is 0. The molecule has 0 saturated heterocycles. The summed E-state index contributed by atoms with van der Waals surface area (Å²) in [6.07, 6.45) is 3.20. The fourth-order valence-corrected chi connectivity index (χ4v) is 4.83. The molecule has 0 N–H and O–H groups in total. The Morgan fingerprint density at radius 3 is 2.50 bits per heavy atom. The van der Waals surface area contributed by atoms with Gasteiger partial charge in [-0.15, -0.1) is 11.3 Å². The van der Waals surface area contributed by atoms with Gasteiger partial charge in [0.05, 0.1) is 15.8 Å². The molecule has 0 unspecified atom stereocenters. The van der Waals surface area contributed by atoms with Crippen LogP contribution in [-0.2, 0) is 5.41 Å². The second-order valence-corrected chi connectivity index (χ2v) is 10.6. The summed E-state index contributed by atoms with van der Waals surface area (Å²) >= 11 is 1.40. The van der Waals surface area contributed by atoms with Crippen molar-refractivity contribution >= 4 is 38.8 Å². The van der Waals surface area contributed by atoms with Crippen molar-refractivity contribution in [2.24, 2.45) is 0 Å². The molecule has 0 spiro atoms. The summed E-state index contributed by atoms with van der Waals surface area (Å²) in [4.78, 5) is 22.9. The molecule has 0 aliphatic carbocycles. The first-order valence-electron chi connectivity index (χ1n) is 11.5. The lowest BCUT2D eigenvalue weighted by molar-refractivity contribution is 0.460. The summed E-state index contributed by atoms with van der Waals surface area (Å²) in [6, 6.07) is 21.3.